The largest absolute Gasteiger partial charge is 0 e. The molecule has 1 nitrogen and oxygen atoms in total. The Morgan fingerprint density at radius 1 is 1.20 bits per heavy atom. The summed E-state index contributed by atoms with van der Waals surface area (Å²) in [4.78, 5) is 0. The van der Waals surface area contributed by atoms with E-state index in [2.05, 4.69) is 0 Å². The summed E-state index contributed by atoms with van der Waals surface area (Å²) in [5.74, 6) is 0. The first-order valence-corrected chi connectivity index (χ1v) is 1.50. The molecule has 5 heavy (non-hydrogen) atoms. The Kier molecular flexibility index (Phi) is 127. The summed E-state index contributed by atoms with van der Waals surface area (Å²) in [6, 6.07) is 0. The van der Waals surface area contributed by atoms with Crippen LogP contribution in [-0.4, -0.2) is 35.9 Å². The second-order valence-corrected chi connectivity index (χ2v) is 0. The second kappa shape index (κ2) is 26.6. The van der Waals surface area contributed by atoms with Crippen LogP contribution in [0, 0.1) is 36.9 Å². The Bertz CT molecular complexity index is 11.6. The van der Waals surface area contributed by atoms with E-state index in [0.717, 1.165) is 0 Å². The molecule has 34 valence electrons. The van der Waals surface area contributed by atoms with Crippen molar-refractivity contribution in [3.05, 3.63) is 0 Å². The molecule has 0 saturated carbocycles. The fourth-order valence-corrected chi connectivity index (χ4v) is 0. The molecule has 0 rings (SSSR count). The third-order valence-corrected chi connectivity index (χ3v) is 0. The zero-order chi connectivity index (χ0) is 2.00. The molecule has 0 spiro atoms. The molecular formula is H4AlGaLuOY. The predicted molar refractivity (Wildman–Crippen MR) is 17.8 cm³/mol. The van der Waals surface area contributed by atoms with Gasteiger partial charge >= 0.3 is 22.1 Å². The van der Waals surface area contributed by atoms with E-state index in [1.807, 2.05) is 0 Å². The van der Waals surface area contributed by atoms with E-state index >= 15 is 0 Å². The molecule has 0 heterocycles. The molecule has 0 aromatic rings. The van der Waals surface area contributed by atoms with Gasteiger partial charge in [0.25, 0.3) is 0 Å². The summed E-state index contributed by atoms with van der Waals surface area (Å²) in [5.41, 5.74) is 0. The average molecular weight is 381 g/mol. The molecule has 0 aliphatic rings. The van der Waals surface area contributed by atoms with Crippen LogP contribution >= 0.6 is 0 Å². The van der Waals surface area contributed by atoms with Crippen LogP contribution in [0.1, 0.15) is 0 Å². The Balaban J connectivity index is -0.00000000167. The Hall–Kier alpha value is 3.31. The second-order valence-electron chi connectivity index (χ2n) is 0. The standard InChI is InChI=1S/Al.Ga.Lu.O.Y.4H. The van der Waals surface area contributed by atoms with Gasteiger partial charge in [-0.15, -0.1) is 0 Å². The maximum atomic E-state index is 8.38. The topological polar surface area (TPSA) is 17.1 Å². The molecule has 0 aliphatic heterocycles. The number of rotatable bonds is 0. The van der Waals surface area contributed by atoms with Crippen molar-refractivity contribution in [2.45, 2.75) is 0 Å². The van der Waals surface area contributed by atoms with Crippen molar-refractivity contribution in [2.24, 2.45) is 0 Å². The number of hydrogen-bond donors (Lipinski definition) is 0. The van der Waals surface area contributed by atoms with Crippen LogP contribution in [0.5, 0.6) is 0 Å². The maximum Gasteiger partial charge on any atom is 0 e. The van der Waals surface area contributed by atoms with Crippen molar-refractivity contribution in [3.63, 3.8) is 0 Å². The van der Waals surface area contributed by atoms with Crippen LogP contribution in [0.25, 0.3) is 0 Å². The van der Waals surface area contributed by atoms with E-state index in [1.54, 1.807) is 0 Å². The van der Waals surface area contributed by atoms with Crippen LogP contribution in [0.15, 0.2) is 0 Å². The first-order valence-electron chi connectivity index (χ1n) is 0.289. The third kappa shape index (κ3) is 18.8. The fourth-order valence-electron chi connectivity index (χ4n) is 0. The smallest absolute Gasteiger partial charge is 0 e. The number of hydrogen-bond acceptors (Lipinski definition) is 1. The molecule has 0 N–H and O–H groups in total. The van der Waals surface area contributed by atoms with Crippen LogP contribution < -0.4 is 0 Å². The van der Waals surface area contributed by atoms with Gasteiger partial charge in [0, 0.05) is 69.6 Å². The van der Waals surface area contributed by atoms with E-state index in [-0.39, 0.29) is 105 Å². The first kappa shape index (κ1) is 23.9. The summed E-state index contributed by atoms with van der Waals surface area (Å²) >= 11 is 0.125. The first-order chi connectivity index (χ1) is 1.00. The monoisotopic (exact) mass is 380 g/mol. The zero-order valence-electron chi connectivity index (χ0n) is 1.95. The van der Waals surface area contributed by atoms with Crippen molar-refractivity contribution in [3.8, 4) is 0 Å². The normalized spacial score (nSPS) is 0.600. The summed E-state index contributed by atoms with van der Waals surface area (Å²) in [7, 11) is 0. The third-order valence-electron chi connectivity index (χ3n) is 0. The molecule has 0 fully saturated rings. The molecule has 0 aromatic carbocycles. The van der Waals surface area contributed by atoms with Gasteiger partial charge in [-0.3, -0.25) is 0 Å². The maximum absolute atomic E-state index is 8.38. The van der Waals surface area contributed by atoms with Crippen LogP contribution in [-0.2, 0) is 36.2 Å². The minimum absolute atomic E-state index is 0. The Labute approximate surface area is 106 Å². The minimum Gasteiger partial charge on any atom is 0 e. The summed E-state index contributed by atoms with van der Waals surface area (Å²) in [6.07, 6.45) is 0. The molecule has 0 bridgehead atoms. The summed E-state index contributed by atoms with van der Waals surface area (Å²) in [5, 5.41) is 0. The minimum atomic E-state index is 0. The quantitative estimate of drug-likeness (QED) is 0.447. The molecule has 2 radical (unpaired) electrons. The van der Waals surface area contributed by atoms with E-state index in [4.69, 9.17) is 3.54 Å². The van der Waals surface area contributed by atoms with Gasteiger partial charge < -0.3 is 0 Å². The molecule has 5 heteroatoms. The molecule has 0 atom stereocenters. The fraction of sp³-hybridized carbons (Fsp3) is 0. The summed E-state index contributed by atoms with van der Waals surface area (Å²) < 4.78 is 8.38. The molecular weight excluding hydrogens is 377 g/mol. The van der Waals surface area contributed by atoms with Gasteiger partial charge in [-0.05, 0) is 0 Å². The van der Waals surface area contributed by atoms with Crippen molar-refractivity contribution in [2.75, 3.05) is 0 Å². The van der Waals surface area contributed by atoms with Gasteiger partial charge in [-0.25, -0.2) is 0 Å². The van der Waals surface area contributed by atoms with Gasteiger partial charge in [0.05, 0.1) is 0 Å². The molecule has 0 aromatic heterocycles. The van der Waals surface area contributed by atoms with Crippen LogP contribution in [0.2, 0.25) is 0 Å². The van der Waals surface area contributed by atoms with Gasteiger partial charge in [-0.2, -0.15) is 0 Å². The van der Waals surface area contributed by atoms with Gasteiger partial charge in [0.15, 0.2) is 17.4 Å². The van der Waals surface area contributed by atoms with Crippen LogP contribution in [0.4, 0.5) is 0 Å². The van der Waals surface area contributed by atoms with Gasteiger partial charge in [-0.1, -0.05) is 0 Å². The molecule has 0 saturated heterocycles. The van der Waals surface area contributed by atoms with E-state index in [0.29, 0.717) is 0 Å². The molecule has 0 aliphatic carbocycles. The van der Waals surface area contributed by atoms with E-state index in [1.165, 1.54) is 0 Å². The van der Waals surface area contributed by atoms with Crippen molar-refractivity contribution in [1.82, 2.24) is 0 Å². The Morgan fingerprint density at radius 2 is 1.20 bits per heavy atom. The predicted octanol–water partition coefficient (Wildman–Crippen LogP) is -1.95. The Morgan fingerprint density at radius 3 is 1.20 bits per heavy atom. The van der Waals surface area contributed by atoms with Crippen molar-refractivity contribution < 1.29 is 73.1 Å². The SMILES string of the molecule is [AlH3].[Lu].[O]=[GaH].[Y]. The molecule has 0 unspecified atom stereocenters. The van der Waals surface area contributed by atoms with E-state index < -0.39 is 0 Å². The zero-order valence-corrected chi connectivity index (χ0v) is 9.41. The van der Waals surface area contributed by atoms with Crippen molar-refractivity contribution >= 4 is 35.9 Å². The van der Waals surface area contributed by atoms with E-state index in [9.17, 15) is 0 Å². The van der Waals surface area contributed by atoms with Gasteiger partial charge in [0.1, 0.15) is 0 Å². The average Bonchev–Trinajstić information content (AvgIpc) is 1.00. The van der Waals surface area contributed by atoms with Crippen molar-refractivity contribution in [1.29, 1.82) is 0 Å². The summed E-state index contributed by atoms with van der Waals surface area (Å²) in [6.45, 7) is 0. The van der Waals surface area contributed by atoms with Gasteiger partial charge in [0.2, 0.25) is 0 Å². The molecule has 0 amide bonds. The van der Waals surface area contributed by atoms with Crippen LogP contribution in [0.3, 0.4) is 0 Å².